The maximum absolute atomic E-state index is 12.2. The molecule has 126 valence electrons. The van der Waals surface area contributed by atoms with E-state index in [-0.39, 0.29) is 23.1 Å². The van der Waals surface area contributed by atoms with Crippen molar-refractivity contribution in [2.75, 3.05) is 25.0 Å². The summed E-state index contributed by atoms with van der Waals surface area (Å²) in [6.07, 6.45) is 1.55. The van der Waals surface area contributed by atoms with Gasteiger partial charge in [0.25, 0.3) is 5.91 Å². The molecule has 1 aromatic rings. The van der Waals surface area contributed by atoms with Crippen LogP contribution in [0.2, 0.25) is 0 Å². The van der Waals surface area contributed by atoms with Gasteiger partial charge in [-0.15, -0.1) is 0 Å². The van der Waals surface area contributed by atoms with Gasteiger partial charge in [-0.3, -0.25) is 9.59 Å². The zero-order valence-electron chi connectivity index (χ0n) is 14.3. The lowest BCUT2D eigenvalue weighted by atomic mass is 9.87. The molecule has 23 heavy (non-hydrogen) atoms. The minimum Gasteiger partial charge on any atom is -0.369 e. The molecule has 0 unspecified atom stereocenters. The van der Waals surface area contributed by atoms with Gasteiger partial charge in [0.05, 0.1) is 13.1 Å². The van der Waals surface area contributed by atoms with E-state index in [1.54, 1.807) is 0 Å². The quantitative estimate of drug-likeness (QED) is 0.764. The molecule has 1 heterocycles. The number of piperidine rings is 1. The third-order valence-electron chi connectivity index (χ3n) is 4.54. The number of hydrogen-bond acceptors (Lipinski definition) is 2. The average Bonchev–Trinajstić information content (AvgIpc) is 2.47. The highest BCUT2D eigenvalue weighted by Crippen LogP contribution is 2.23. The number of likely N-dealkylation sites (tertiary alicyclic amines) is 1. The Morgan fingerprint density at radius 2 is 1.74 bits per heavy atom. The number of nitrogens with two attached hydrogens (primary N) is 1. The number of quaternary nitrogens is 1. The first-order chi connectivity index (χ1) is 10.8. The Hall–Kier alpha value is -1.88. The number of rotatable bonds is 4. The molecule has 0 aliphatic carbocycles. The molecule has 1 aromatic carbocycles. The molecule has 0 spiro atoms. The molecule has 2 rings (SSSR count). The number of carbonyl (C=O) groups is 2. The summed E-state index contributed by atoms with van der Waals surface area (Å²) >= 11 is 0. The van der Waals surface area contributed by atoms with Crippen LogP contribution in [0.15, 0.2) is 24.3 Å². The zero-order valence-corrected chi connectivity index (χ0v) is 14.3. The highest BCUT2D eigenvalue weighted by Gasteiger charge is 2.27. The predicted molar refractivity (Wildman–Crippen MR) is 91.3 cm³/mol. The Kier molecular flexibility index (Phi) is 5.42. The number of benzene rings is 1. The topological polar surface area (TPSA) is 76.6 Å². The summed E-state index contributed by atoms with van der Waals surface area (Å²) in [6.45, 7) is 8.58. The second-order valence-electron chi connectivity index (χ2n) is 7.48. The first kappa shape index (κ1) is 17.5. The summed E-state index contributed by atoms with van der Waals surface area (Å²) in [5.74, 6) is -0.222. The van der Waals surface area contributed by atoms with E-state index in [0.29, 0.717) is 6.54 Å². The van der Waals surface area contributed by atoms with Crippen molar-refractivity contribution in [3.63, 3.8) is 0 Å². The molecule has 0 radical (unpaired) electrons. The van der Waals surface area contributed by atoms with Crippen molar-refractivity contribution in [1.29, 1.82) is 0 Å². The molecule has 0 bridgehead atoms. The van der Waals surface area contributed by atoms with Crippen LogP contribution < -0.4 is 16.0 Å². The predicted octanol–water partition coefficient (Wildman–Crippen LogP) is 0.703. The standard InChI is InChI=1S/C18H27N3O2/c1-18(2,3)14-4-6-15(7-5-14)20-16(22)12-21-10-8-13(9-11-21)17(19)23/h4-7,13H,8-12H2,1-3H3,(H2,19,23)(H,20,22)/p+1. The van der Waals surface area contributed by atoms with E-state index in [9.17, 15) is 9.59 Å². The molecule has 5 nitrogen and oxygen atoms in total. The minimum atomic E-state index is -0.215. The molecule has 1 aliphatic rings. The highest BCUT2D eigenvalue weighted by atomic mass is 16.2. The van der Waals surface area contributed by atoms with Crippen molar-refractivity contribution >= 4 is 17.5 Å². The Balaban J connectivity index is 1.82. The van der Waals surface area contributed by atoms with E-state index < -0.39 is 0 Å². The van der Waals surface area contributed by atoms with Crippen LogP contribution >= 0.6 is 0 Å². The van der Waals surface area contributed by atoms with Crippen LogP contribution in [0.4, 0.5) is 5.69 Å². The molecule has 4 N–H and O–H groups in total. The molecule has 2 amide bonds. The first-order valence-corrected chi connectivity index (χ1v) is 8.29. The number of carbonyl (C=O) groups excluding carboxylic acids is 2. The average molecular weight is 318 g/mol. The van der Waals surface area contributed by atoms with Crippen molar-refractivity contribution in [2.45, 2.75) is 39.0 Å². The number of anilines is 1. The molecule has 0 atom stereocenters. The van der Waals surface area contributed by atoms with Gasteiger partial charge in [0.1, 0.15) is 0 Å². The summed E-state index contributed by atoms with van der Waals surface area (Å²) in [7, 11) is 0. The summed E-state index contributed by atoms with van der Waals surface area (Å²) in [5.41, 5.74) is 7.51. The molecule has 1 fully saturated rings. The third-order valence-corrected chi connectivity index (χ3v) is 4.54. The van der Waals surface area contributed by atoms with Crippen LogP contribution in [-0.2, 0) is 15.0 Å². The van der Waals surface area contributed by atoms with E-state index in [4.69, 9.17) is 5.73 Å². The van der Waals surface area contributed by atoms with Gasteiger partial charge in [-0.05, 0) is 23.1 Å². The van der Waals surface area contributed by atoms with Crippen LogP contribution in [0.5, 0.6) is 0 Å². The molecule has 0 saturated carbocycles. The van der Waals surface area contributed by atoms with Gasteiger partial charge < -0.3 is 16.0 Å². The van der Waals surface area contributed by atoms with Crippen LogP contribution in [0.25, 0.3) is 0 Å². The number of primary amides is 1. The SMILES string of the molecule is CC(C)(C)c1ccc(NC(=O)C[NH+]2CCC(C(N)=O)CC2)cc1. The maximum Gasteiger partial charge on any atom is 0.279 e. The van der Waals surface area contributed by atoms with Crippen molar-refractivity contribution < 1.29 is 14.5 Å². The molecular formula is C18H28N3O2+. The van der Waals surface area contributed by atoms with E-state index in [0.717, 1.165) is 31.6 Å². The Morgan fingerprint density at radius 3 is 2.22 bits per heavy atom. The van der Waals surface area contributed by atoms with E-state index >= 15 is 0 Å². The second-order valence-corrected chi connectivity index (χ2v) is 7.48. The summed E-state index contributed by atoms with van der Waals surface area (Å²) in [6, 6.07) is 8.02. The Bertz CT molecular complexity index is 553. The summed E-state index contributed by atoms with van der Waals surface area (Å²) in [5, 5.41) is 2.95. The first-order valence-electron chi connectivity index (χ1n) is 8.29. The van der Waals surface area contributed by atoms with Gasteiger partial charge in [-0.1, -0.05) is 32.9 Å². The third kappa shape index (κ3) is 5.06. The van der Waals surface area contributed by atoms with Crippen LogP contribution in [0.3, 0.4) is 0 Å². The number of hydrogen-bond donors (Lipinski definition) is 3. The minimum absolute atomic E-state index is 0.0148. The van der Waals surface area contributed by atoms with Gasteiger partial charge in [-0.25, -0.2) is 0 Å². The molecule has 0 aromatic heterocycles. The van der Waals surface area contributed by atoms with Crippen LogP contribution in [0.1, 0.15) is 39.2 Å². The summed E-state index contributed by atoms with van der Waals surface area (Å²) in [4.78, 5) is 24.5. The van der Waals surface area contributed by atoms with Crippen molar-refractivity contribution in [3.05, 3.63) is 29.8 Å². The lowest BCUT2D eigenvalue weighted by Crippen LogP contribution is -3.14. The fraction of sp³-hybridized carbons (Fsp3) is 0.556. The van der Waals surface area contributed by atoms with Crippen LogP contribution in [-0.4, -0.2) is 31.4 Å². The normalized spacial score (nSPS) is 21.7. The van der Waals surface area contributed by atoms with E-state index in [1.807, 2.05) is 12.1 Å². The van der Waals surface area contributed by atoms with Crippen molar-refractivity contribution in [1.82, 2.24) is 0 Å². The Labute approximate surface area is 138 Å². The largest absolute Gasteiger partial charge is 0.369 e. The lowest BCUT2D eigenvalue weighted by molar-refractivity contribution is -0.897. The Morgan fingerprint density at radius 1 is 1.17 bits per heavy atom. The van der Waals surface area contributed by atoms with Gasteiger partial charge in [0.15, 0.2) is 6.54 Å². The molecule has 1 saturated heterocycles. The van der Waals surface area contributed by atoms with Crippen LogP contribution in [0, 0.1) is 5.92 Å². The van der Waals surface area contributed by atoms with Gasteiger partial charge in [0, 0.05) is 24.4 Å². The van der Waals surface area contributed by atoms with Gasteiger partial charge in [-0.2, -0.15) is 0 Å². The zero-order chi connectivity index (χ0) is 17.0. The number of amides is 2. The number of nitrogens with one attached hydrogen (secondary N) is 2. The highest BCUT2D eigenvalue weighted by molar-refractivity contribution is 5.91. The molecular weight excluding hydrogens is 290 g/mol. The fourth-order valence-corrected chi connectivity index (χ4v) is 2.97. The van der Waals surface area contributed by atoms with E-state index in [1.165, 1.54) is 10.5 Å². The fourth-order valence-electron chi connectivity index (χ4n) is 2.97. The lowest BCUT2D eigenvalue weighted by Gasteiger charge is -2.27. The van der Waals surface area contributed by atoms with Crippen molar-refractivity contribution in [2.24, 2.45) is 11.7 Å². The molecule has 1 aliphatic heterocycles. The smallest absolute Gasteiger partial charge is 0.279 e. The van der Waals surface area contributed by atoms with Crippen molar-refractivity contribution in [3.8, 4) is 0 Å². The van der Waals surface area contributed by atoms with Gasteiger partial charge >= 0.3 is 0 Å². The second kappa shape index (κ2) is 7.13. The molecule has 5 heteroatoms. The monoisotopic (exact) mass is 318 g/mol. The maximum atomic E-state index is 12.2. The summed E-state index contributed by atoms with van der Waals surface area (Å²) < 4.78 is 0. The van der Waals surface area contributed by atoms with E-state index in [2.05, 4.69) is 38.2 Å². The van der Waals surface area contributed by atoms with Gasteiger partial charge in [0.2, 0.25) is 5.91 Å².